The van der Waals surface area contributed by atoms with Crippen LogP contribution in [0.25, 0.3) is 5.69 Å². The lowest BCUT2D eigenvalue weighted by Gasteiger charge is -2.43. The maximum atomic E-state index is 13.4. The van der Waals surface area contributed by atoms with Crippen molar-refractivity contribution in [1.29, 1.82) is 0 Å². The fourth-order valence-electron chi connectivity index (χ4n) is 5.68. The number of piperidine rings is 1. The Hall–Kier alpha value is -2.66. The fourth-order valence-corrected chi connectivity index (χ4v) is 5.89. The standard InChI is InChI=1S/C26H29ClN4O/c1-16-7-5-9-22(23(16)27)31-19(4)29-24(17(2)25(31)32)30-13-10-26(11-14-30)15-21-20(18(26)3)8-6-12-28-21/h5-9,12,18H,10-11,13-15H2,1-4H3/t18-/m1/s1. The molecule has 0 amide bonds. The summed E-state index contributed by atoms with van der Waals surface area (Å²) in [6.07, 6.45) is 5.12. The summed E-state index contributed by atoms with van der Waals surface area (Å²) in [5.41, 5.74) is 5.19. The molecule has 1 aliphatic carbocycles. The van der Waals surface area contributed by atoms with Crippen LogP contribution in [-0.2, 0) is 6.42 Å². The maximum absolute atomic E-state index is 13.4. The van der Waals surface area contributed by atoms with Gasteiger partial charge >= 0.3 is 0 Å². The first-order valence-electron chi connectivity index (χ1n) is 11.4. The van der Waals surface area contributed by atoms with E-state index in [9.17, 15) is 4.79 Å². The third kappa shape index (κ3) is 3.17. The van der Waals surface area contributed by atoms with Crippen LogP contribution in [0.3, 0.4) is 0 Å². The molecule has 0 N–H and O–H groups in total. The van der Waals surface area contributed by atoms with E-state index in [1.807, 2.05) is 45.2 Å². The van der Waals surface area contributed by atoms with Crippen LogP contribution in [0.1, 0.15) is 53.9 Å². The molecule has 166 valence electrons. The molecule has 0 radical (unpaired) electrons. The van der Waals surface area contributed by atoms with Crippen LogP contribution in [0.5, 0.6) is 0 Å². The van der Waals surface area contributed by atoms with Gasteiger partial charge in [-0.25, -0.2) is 4.98 Å². The van der Waals surface area contributed by atoms with E-state index in [1.165, 1.54) is 11.3 Å². The summed E-state index contributed by atoms with van der Waals surface area (Å²) in [4.78, 5) is 25.2. The Morgan fingerprint density at radius 2 is 1.84 bits per heavy atom. The van der Waals surface area contributed by atoms with E-state index in [-0.39, 0.29) is 11.0 Å². The number of pyridine rings is 1. The zero-order valence-electron chi connectivity index (χ0n) is 19.2. The topological polar surface area (TPSA) is 51.0 Å². The molecule has 1 aromatic carbocycles. The zero-order chi connectivity index (χ0) is 22.6. The molecule has 2 aromatic heterocycles. The summed E-state index contributed by atoms with van der Waals surface area (Å²) in [5, 5.41) is 0.593. The highest BCUT2D eigenvalue weighted by Crippen LogP contribution is 2.52. The first-order chi connectivity index (χ1) is 15.3. The Morgan fingerprint density at radius 1 is 1.09 bits per heavy atom. The lowest BCUT2D eigenvalue weighted by molar-refractivity contribution is 0.193. The number of aromatic nitrogens is 3. The van der Waals surface area contributed by atoms with Gasteiger partial charge in [-0.2, -0.15) is 0 Å². The highest BCUT2D eigenvalue weighted by molar-refractivity contribution is 6.33. The van der Waals surface area contributed by atoms with Gasteiger partial charge in [-0.3, -0.25) is 14.3 Å². The molecule has 5 rings (SSSR count). The van der Waals surface area contributed by atoms with Gasteiger partial charge in [0.15, 0.2) is 0 Å². The van der Waals surface area contributed by atoms with Gasteiger partial charge in [0.2, 0.25) is 0 Å². The van der Waals surface area contributed by atoms with Gasteiger partial charge in [-0.1, -0.05) is 36.7 Å². The van der Waals surface area contributed by atoms with Gasteiger partial charge < -0.3 is 4.90 Å². The number of anilines is 1. The van der Waals surface area contributed by atoms with Crippen molar-refractivity contribution in [3.63, 3.8) is 0 Å². The Kier molecular flexibility index (Phi) is 5.12. The second-order valence-electron chi connectivity index (χ2n) is 9.44. The van der Waals surface area contributed by atoms with Crippen molar-refractivity contribution in [3.8, 4) is 5.69 Å². The summed E-state index contributed by atoms with van der Waals surface area (Å²) in [6.45, 7) is 9.87. The molecule has 1 spiro atoms. The van der Waals surface area contributed by atoms with Crippen LogP contribution in [0.15, 0.2) is 41.3 Å². The average molecular weight is 449 g/mol. The number of rotatable bonds is 2. The molecule has 32 heavy (non-hydrogen) atoms. The summed E-state index contributed by atoms with van der Waals surface area (Å²) in [5.74, 6) is 1.98. The van der Waals surface area contributed by atoms with Crippen molar-refractivity contribution in [3.05, 3.63) is 80.1 Å². The monoisotopic (exact) mass is 448 g/mol. The van der Waals surface area contributed by atoms with E-state index in [2.05, 4.69) is 28.9 Å². The van der Waals surface area contributed by atoms with Gasteiger partial charge in [0.25, 0.3) is 5.56 Å². The number of nitrogens with zero attached hydrogens (tertiary/aromatic N) is 4. The van der Waals surface area contributed by atoms with E-state index < -0.39 is 0 Å². The third-order valence-corrected chi connectivity index (χ3v) is 8.24. The predicted molar refractivity (Wildman–Crippen MR) is 129 cm³/mol. The Balaban J connectivity index is 1.44. The number of hydrogen-bond acceptors (Lipinski definition) is 4. The van der Waals surface area contributed by atoms with Crippen molar-refractivity contribution in [2.75, 3.05) is 18.0 Å². The second kappa shape index (κ2) is 7.73. The molecule has 0 bridgehead atoms. The van der Waals surface area contributed by atoms with E-state index in [0.717, 1.165) is 43.7 Å². The highest BCUT2D eigenvalue weighted by atomic mass is 35.5. The minimum atomic E-state index is -0.0499. The summed E-state index contributed by atoms with van der Waals surface area (Å²) in [7, 11) is 0. The molecule has 3 aromatic rings. The van der Waals surface area contributed by atoms with E-state index in [4.69, 9.17) is 16.6 Å². The lowest BCUT2D eigenvalue weighted by Crippen LogP contribution is -2.43. The van der Waals surface area contributed by atoms with Crippen molar-refractivity contribution in [2.24, 2.45) is 5.41 Å². The van der Waals surface area contributed by atoms with Crippen LogP contribution in [0, 0.1) is 26.2 Å². The molecular formula is C26H29ClN4O. The molecule has 6 heteroatoms. The molecule has 1 fully saturated rings. The molecule has 0 unspecified atom stereocenters. The Labute approximate surface area is 194 Å². The quantitative estimate of drug-likeness (QED) is 0.543. The molecule has 3 heterocycles. The maximum Gasteiger partial charge on any atom is 0.263 e. The average Bonchev–Trinajstić information content (AvgIpc) is 3.06. The summed E-state index contributed by atoms with van der Waals surface area (Å²) < 4.78 is 1.64. The van der Waals surface area contributed by atoms with Gasteiger partial charge in [0.1, 0.15) is 11.6 Å². The van der Waals surface area contributed by atoms with Crippen molar-refractivity contribution >= 4 is 17.4 Å². The molecule has 0 saturated carbocycles. The predicted octanol–water partition coefficient (Wildman–Crippen LogP) is 5.15. The van der Waals surface area contributed by atoms with Crippen molar-refractivity contribution < 1.29 is 0 Å². The van der Waals surface area contributed by atoms with E-state index >= 15 is 0 Å². The van der Waals surface area contributed by atoms with E-state index in [1.54, 1.807) is 4.57 Å². The molecule has 1 saturated heterocycles. The van der Waals surface area contributed by atoms with Crippen LogP contribution >= 0.6 is 11.6 Å². The number of halogens is 1. The van der Waals surface area contributed by atoms with Gasteiger partial charge in [-0.05, 0) is 74.6 Å². The van der Waals surface area contributed by atoms with Crippen LogP contribution < -0.4 is 10.5 Å². The number of aryl methyl sites for hydroxylation is 2. The SMILES string of the molecule is Cc1cccc(-n2c(C)nc(N3CCC4(CC3)Cc3ncccc3[C@H]4C)c(C)c2=O)c1Cl. The normalized spacial score (nSPS) is 19.4. The zero-order valence-corrected chi connectivity index (χ0v) is 19.9. The van der Waals surface area contributed by atoms with Crippen LogP contribution in [-0.4, -0.2) is 27.6 Å². The number of fused-ring (bicyclic) bond motifs is 1. The Morgan fingerprint density at radius 3 is 2.56 bits per heavy atom. The molecule has 1 aliphatic heterocycles. The Bertz CT molecular complexity index is 1260. The van der Waals surface area contributed by atoms with Gasteiger partial charge in [0, 0.05) is 25.0 Å². The summed E-state index contributed by atoms with van der Waals surface area (Å²) >= 11 is 6.53. The third-order valence-electron chi connectivity index (χ3n) is 7.75. The first-order valence-corrected chi connectivity index (χ1v) is 11.7. The second-order valence-corrected chi connectivity index (χ2v) is 9.82. The molecular weight excluding hydrogens is 420 g/mol. The van der Waals surface area contributed by atoms with Crippen LogP contribution in [0.2, 0.25) is 5.02 Å². The molecule has 1 atom stereocenters. The first kappa shape index (κ1) is 21.2. The minimum Gasteiger partial charge on any atom is -0.356 e. The largest absolute Gasteiger partial charge is 0.356 e. The summed E-state index contributed by atoms with van der Waals surface area (Å²) in [6, 6.07) is 10.0. The molecule has 2 aliphatic rings. The van der Waals surface area contributed by atoms with Crippen LogP contribution in [0.4, 0.5) is 5.82 Å². The number of hydrogen-bond donors (Lipinski definition) is 0. The fraction of sp³-hybridized carbons (Fsp3) is 0.423. The highest BCUT2D eigenvalue weighted by Gasteiger charge is 2.46. The van der Waals surface area contributed by atoms with Gasteiger partial charge in [-0.15, -0.1) is 0 Å². The smallest absolute Gasteiger partial charge is 0.263 e. The molecule has 5 nitrogen and oxygen atoms in total. The van der Waals surface area contributed by atoms with Gasteiger partial charge in [0.05, 0.1) is 16.3 Å². The van der Waals surface area contributed by atoms with E-state index in [0.29, 0.717) is 28.0 Å². The van der Waals surface area contributed by atoms with Crippen molar-refractivity contribution in [1.82, 2.24) is 14.5 Å². The number of benzene rings is 1. The minimum absolute atomic E-state index is 0.0499. The van der Waals surface area contributed by atoms with Crippen molar-refractivity contribution in [2.45, 2.75) is 52.9 Å². The lowest BCUT2D eigenvalue weighted by atomic mass is 9.70.